The molecule has 0 aromatic carbocycles. The van der Waals surface area contributed by atoms with Crippen molar-refractivity contribution in [1.29, 1.82) is 0 Å². The van der Waals surface area contributed by atoms with Gasteiger partial charge in [-0.3, -0.25) is 4.79 Å². The molecule has 0 aliphatic heterocycles. The minimum Gasteiger partial charge on any atom is -0.299 e. The first kappa shape index (κ1) is 19.0. The normalized spacial score (nSPS) is 46.8. The van der Waals surface area contributed by atoms with Crippen molar-refractivity contribution in [3.05, 3.63) is 16.6 Å². The average Bonchev–Trinajstić information content (AvgIpc) is 2.89. The second-order valence-corrected chi connectivity index (χ2v) is 11.5. The zero-order valence-corrected chi connectivity index (χ0v) is 17.7. The number of ketones is 1. The maximum Gasteiger partial charge on any atom is 0.139 e. The molecular formula is C21H31NO2S2. The first-order valence-electron chi connectivity index (χ1n) is 10.3. The Hall–Kier alpha value is -0.290. The molecule has 6 atom stereocenters. The molecule has 3 saturated carbocycles. The van der Waals surface area contributed by atoms with E-state index >= 15 is 0 Å². The Kier molecular flexibility index (Phi) is 4.66. The van der Waals surface area contributed by atoms with Crippen molar-refractivity contribution in [1.82, 2.24) is 0 Å². The predicted octanol–water partition coefficient (Wildman–Crippen LogP) is 5.60. The highest BCUT2D eigenvalue weighted by Crippen LogP contribution is 2.67. The average molecular weight is 394 g/mol. The number of carbonyl (C=O) groups excluding carboxylic acids is 1. The van der Waals surface area contributed by atoms with Crippen LogP contribution in [0.3, 0.4) is 0 Å². The van der Waals surface area contributed by atoms with Crippen molar-refractivity contribution in [2.24, 2.45) is 33.8 Å². The number of thiol groups is 2. The zero-order chi connectivity index (χ0) is 18.7. The third-order valence-electron chi connectivity index (χ3n) is 8.46. The molecule has 4 rings (SSSR count). The second-order valence-electron chi connectivity index (χ2n) is 9.54. The molecule has 4 aliphatic rings. The van der Waals surface area contributed by atoms with Crippen LogP contribution in [0.5, 0.6) is 0 Å². The lowest BCUT2D eigenvalue weighted by molar-refractivity contribution is -0.132. The summed E-state index contributed by atoms with van der Waals surface area (Å²) >= 11 is 9.58. The van der Waals surface area contributed by atoms with Crippen LogP contribution in [0.4, 0.5) is 0 Å². The van der Waals surface area contributed by atoms with Gasteiger partial charge >= 0.3 is 0 Å². The number of nitroso groups, excluding NO2 is 1. The summed E-state index contributed by atoms with van der Waals surface area (Å²) in [6.45, 7) is 4.49. The fourth-order valence-electron chi connectivity index (χ4n) is 7.34. The van der Waals surface area contributed by atoms with E-state index in [9.17, 15) is 9.70 Å². The van der Waals surface area contributed by atoms with E-state index in [4.69, 9.17) is 25.3 Å². The minimum absolute atomic E-state index is 0.0869. The highest BCUT2D eigenvalue weighted by molar-refractivity contribution is 8.00. The molecule has 5 heteroatoms. The summed E-state index contributed by atoms with van der Waals surface area (Å²) in [7, 11) is 0. The number of Topliss-reactive ketones (excluding diaryl/α,β-unsaturated/α-hetero) is 1. The van der Waals surface area contributed by atoms with Crippen LogP contribution in [0, 0.1) is 33.5 Å². The lowest BCUT2D eigenvalue weighted by atomic mass is 9.46. The predicted molar refractivity (Wildman–Crippen MR) is 112 cm³/mol. The van der Waals surface area contributed by atoms with E-state index in [0.717, 1.165) is 57.8 Å². The summed E-state index contributed by atoms with van der Waals surface area (Å²) < 4.78 is -0.672. The Morgan fingerprint density at radius 3 is 2.65 bits per heavy atom. The number of nitrogens with zero attached hydrogens (tertiary/aromatic N) is 1. The van der Waals surface area contributed by atoms with E-state index in [1.54, 1.807) is 0 Å². The number of hydrogen-bond acceptors (Lipinski definition) is 5. The monoisotopic (exact) mass is 393 g/mol. The lowest BCUT2D eigenvalue weighted by Gasteiger charge is -2.60. The van der Waals surface area contributed by atoms with Crippen LogP contribution in [-0.4, -0.2) is 15.9 Å². The number of carbonyl (C=O) groups is 1. The van der Waals surface area contributed by atoms with Gasteiger partial charge < -0.3 is 0 Å². The lowest BCUT2D eigenvalue weighted by Crippen LogP contribution is -2.54. The van der Waals surface area contributed by atoms with Crippen molar-refractivity contribution in [2.75, 3.05) is 0 Å². The highest BCUT2D eigenvalue weighted by Gasteiger charge is 2.61. The maximum atomic E-state index is 12.6. The van der Waals surface area contributed by atoms with Gasteiger partial charge in [-0.25, -0.2) is 0 Å². The third kappa shape index (κ3) is 2.52. The smallest absolute Gasteiger partial charge is 0.139 e. The van der Waals surface area contributed by atoms with Crippen molar-refractivity contribution < 1.29 is 4.79 Å². The quantitative estimate of drug-likeness (QED) is 0.284. The summed E-state index contributed by atoms with van der Waals surface area (Å²) in [6, 6.07) is -0.451. The minimum atomic E-state index is -0.672. The number of hydrogen-bond donors (Lipinski definition) is 2. The van der Waals surface area contributed by atoms with Crippen LogP contribution in [-0.2, 0) is 4.79 Å². The summed E-state index contributed by atoms with van der Waals surface area (Å²) in [5.41, 5.74) is 1.45. The molecule has 3 fully saturated rings. The Morgan fingerprint density at radius 2 is 1.96 bits per heavy atom. The van der Waals surface area contributed by atoms with Crippen molar-refractivity contribution in [3.63, 3.8) is 0 Å². The Bertz CT molecular complexity index is 660. The van der Waals surface area contributed by atoms with E-state index in [0.29, 0.717) is 23.5 Å². The van der Waals surface area contributed by atoms with Gasteiger partial charge in [0.25, 0.3) is 0 Å². The van der Waals surface area contributed by atoms with E-state index < -0.39 is 10.1 Å². The molecule has 26 heavy (non-hydrogen) atoms. The van der Waals surface area contributed by atoms with Gasteiger partial charge in [-0.1, -0.05) is 37.1 Å². The molecule has 0 amide bonds. The topological polar surface area (TPSA) is 46.5 Å². The Balaban J connectivity index is 1.76. The Labute approximate surface area is 167 Å². The summed E-state index contributed by atoms with van der Waals surface area (Å²) in [4.78, 5) is 24.0. The Morgan fingerprint density at radius 1 is 1.19 bits per heavy atom. The summed E-state index contributed by atoms with van der Waals surface area (Å²) in [6.07, 6.45) is 11.4. The fourth-order valence-corrected chi connectivity index (χ4v) is 8.15. The van der Waals surface area contributed by atoms with E-state index in [-0.39, 0.29) is 10.8 Å². The highest BCUT2D eigenvalue weighted by atomic mass is 32.2. The largest absolute Gasteiger partial charge is 0.299 e. The zero-order valence-electron chi connectivity index (χ0n) is 15.9. The molecule has 0 bridgehead atoms. The van der Waals surface area contributed by atoms with E-state index in [2.05, 4.69) is 25.1 Å². The molecule has 0 radical (unpaired) electrons. The van der Waals surface area contributed by atoms with Gasteiger partial charge in [0.15, 0.2) is 0 Å². The van der Waals surface area contributed by atoms with Crippen LogP contribution in [0.25, 0.3) is 0 Å². The van der Waals surface area contributed by atoms with Crippen molar-refractivity contribution >= 4 is 31.0 Å². The van der Waals surface area contributed by atoms with Gasteiger partial charge in [-0.2, -0.15) is 30.2 Å². The molecule has 0 N–H and O–H groups in total. The van der Waals surface area contributed by atoms with Crippen LogP contribution in [0.2, 0.25) is 0 Å². The van der Waals surface area contributed by atoms with Crippen LogP contribution >= 0.6 is 25.3 Å². The van der Waals surface area contributed by atoms with Crippen LogP contribution < -0.4 is 0 Å². The van der Waals surface area contributed by atoms with Gasteiger partial charge in [0.2, 0.25) is 0 Å². The second kappa shape index (κ2) is 6.37. The molecule has 144 valence electrons. The maximum absolute atomic E-state index is 12.6. The van der Waals surface area contributed by atoms with Gasteiger partial charge in [0.1, 0.15) is 11.8 Å². The van der Waals surface area contributed by atoms with Gasteiger partial charge in [0, 0.05) is 11.8 Å². The van der Waals surface area contributed by atoms with Crippen molar-refractivity contribution in [2.45, 2.75) is 81.8 Å². The summed E-state index contributed by atoms with van der Waals surface area (Å²) in [5, 5.41) is 3.34. The molecule has 0 saturated heterocycles. The van der Waals surface area contributed by atoms with E-state index in [1.165, 1.54) is 5.57 Å². The fraction of sp³-hybridized carbons (Fsp3) is 0.857. The first-order chi connectivity index (χ1) is 12.3. The summed E-state index contributed by atoms with van der Waals surface area (Å²) in [5.74, 6) is 2.26. The molecule has 4 aliphatic carbocycles. The molecule has 0 spiro atoms. The van der Waals surface area contributed by atoms with Crippen LogP contribution in [0.15, 0.2) is 16.8 Å². The number of rotatable bonds is 3. The molecule has 3 nitrogen and oxygen atoms in total. The standard InChI is InChI=1S/C21H31NO2S2/c1-3-9-20-12-21(25,26)17(22-24)11-13(20)4-5-14-15-6-7-18(23)19(15,2)10-8-16(14)20/h11,14-17,25-26H,3-10,12H2,1-2H3/t14-,15-,16-,17?,19-,20-/m0/s1. The van der Waals surface area contributed by atoms with E-state index in [1.807, 2.05) is 0 Å². The van der Waals surface area contributed by atoms with Gasteiger partial charge in [-0.05, 0) is 68.1 Å². The number of allylic oxidation sites excluding steroid dienone is 1. The van der Waals surface area contributed by atoms with Crippen LogP contribution in [0.1, 0.15) is 71.6 Å². The number of fused-ring (bicyclic) bond motifs is 5. The molecular weight excluding hydrogens is 362 g/mol. The molecule has 0 aromatic heterocycles. The molecule has 1 unspecified atom stereocenters. The third-order valence-corrected chi connectivity index (χ3v) is 9.31. The van der Waals surface area contributed by atoms with Crippen molar-refractivity contribution in [3.8, 4) is 0 Å². The SMILES string of the molecule is CCC[C@]12CC(S)(S)C(N=O)C=C1CC[C@@H]1[C@@H]2CC[C@]2(C)C(=O)CC[C@@H]12. The molecule has 0 heterocycles. The van der Waals surface area contributed by atoms with Gasteiger partial charge in [-0.15, -0.1) is 0 Å². The molecule has 0 aromatic rings. The first-order valence-corrected chi connectivity index (χ1v) is 11.2. The van der Waals surface area contributed by atoms with Gasteiger partial charge in [0.05, 0.1) is 4.08 Å².